The van der Waals surface area contributed by atoms with Gasteiger partial charge in [0, 0.05) is 19.5 Å². The predicted octanol–water partition coefficient (Wildman–Crippen LogP) is 3.36. The molecule has 0 saturated carbocycles. The first-order chi connectivity index (χ1) is 8.48. The fourth-order valence-corrected chi connectivity index (χ4v) is 2.50. The topological polar surface area (TPSA) is 44.1 Å². The van der Waals surface area contributed by atoms with Gasteiger partial charge in [-0.2, -0.15) is 5.26 Å². The largest absolute Gasteiger partial charge is 0.343 e. The third kappa shape index (κ3) is 4.68. The summed E-state index contributed by atoms with van der Waals surface area (Å²) in [7, 11) is 0. The first-order valence-electron chi connectivity index (χ1n) is 7.17. The van der Waals surface area contributed by atoms with Crippen molar-refractivity contribution >= 4 is 5.91 Å². The highest BCUT2D eigenvalue weighted by atomic mass is 16.2. The maximum absolute atomic E-state index is 12.0. The van der Waals surface area contributed by atoms with E-state index in [2.05, 4.69) is 13.0 Å². The van der Waals surface area contributed by atoms with E-state index < -0.39 is 0 Å². The van der Waals surface area contributed by atoms with E-state index in [9.17, 15) is 4.79 Å². The number of carbonyl (C=O) groups is 1. The number of likely N-dealkylation sites (tertiary alicyclic amines) is 1. The third-order valence-corrected chi connectivity index (χ3v) is 3.93. The monoisotopic (exact) mass is 250 g/mol. The maximum atomic E-state index is 12.0. The Hall–Kier alpha value is -1.04. The van der Waals surface area contributed by atoms with Gasteiger partial charge in [0.1, 0.15) is 0 Å². The average Bonchev–Trinajstić information content (AvgIpc) is 2.51. The van der Waals surface area contributed by atoms with E-state index in [1.54, 1.807) is 0 Å². The molecule has 1 atom stereocenters. The summed E-state index contributed by atoms with van der Waals surface area (Å²) in [6, 6.07) is 2.30. The van der Waals surface area contributed by atoms with E-state index in [4.69, 9.17) is 5.26 Å². The quantitative estimate of drug-likeness (QED) is 0.751. The van der Waals surface area contributed by atoms with Gasteiger partial charge in [-0.3, -0.25) is 4.79 Å². The lowest BCUT2D eigenvalue weighted by atomic mass is 9.91. The minimum absolute atomic E-state index is 0.280. The molecule has 0 radical (unpaired) electrons. The Morgan fingerprint density at radius 2 is 2.17 bits per heavy atom. The van der Waals surface area contributed by atoms with Crippen LogP contribution in [-0.2, 0) is 4.79 Å². The Labute approximate surface area is 111 Å². The molecule has 0 aliphatic carbocycles. The lowest BCUT2D eigenvalue weighted by Gasteiger charge is -2.24. The molecule has 1 rings (SSSR count). The van der Waals surface area contributed by atoms with Gasteiger partial charge in [0.05, 0.1) is 11.5 Å². The molecule has 0 aromatic carbocycles. The third-order valence-electron chi connectivity index (χ3n) is 3.93. The standard InChI is InChI=1S/C15H26N2O/c1-4-5-13-6-7-14(18)17(10-8-13)11-9-15(2,3)12-16/h13H,4-11H2,1-3H3. The summed E-state index contributed by atoms with van der Waals surface area (Å²) in [6.45, 7) is 7.70. The minimum atomic E-state index is -0.324. The maximum Gasteiger partial charge on any atom is 0.222 e. The van der Waals surface area contributed by atoms with Gasteiger partial charge in [0.15, 0.2) is 0 Å². The van der Waals surface area contributed by atoms with Crippen molar-refractivity contribution in [3.63, 3.8) is 0 Å². The molecule has 1 unspecified atom stereocenters. The molecule has 3 heteroatoms. The molecule has 1 heterocycles. The summed E-state index contributed by atoms with van der Waals surface area (Å²) >= 11 is 0. The Morgan fingerprint density at radius 3 is 2.78 bits per heavy atom. The zero-order valence-corrected chi connectivity index (χ0v) is 12.0. The number of carbonyl (C=O) groups excluding carboxylic acids is 1. The van der Waals surface area contributed by atoms with Crippen molar-refractivity contribution in [1.29, 1.82) is 5.26 Å². The SMILES string of the molecule is CCCC1CCC(=O)N(CCC(C)(C)C#N)CC1. The van der Waals surface area contributed by atoms with Crippen LogP contribution in [0.5, 0.6) is 0 Å². The van der Waals surface area contributed by atoms with Crippen LogP contribution in [0.15, 0.2) is 0 Å². The van der Waals surface area contributed by atoms with Crippen molar-refractivity contribution in [2.24, 2.45) is 11.3 Å². The van der Waals surface area contributed by atoms with E-state index in [1.807, 2.05) is 18.7 Å². The molecular weight excluding hydrogens is 224 g/mol. The van der Waals surface area contributed by atoms with Crippen LogP contribution in [-0.4, -0.2) is 23.9 Å². The minimum Gasteiger partial charge on any atom is -0.343 e. The van der Waals surface area contributed by atoms with Crippen molar-refractivity contribution in [1.82, 2.24) is 4.90 Å². The van der Waals surface area contributed by atoms with Crippen LogP contribution in [0.2, 0.25) is 0 Å². The molecule has 1 saturated heterocycles. The molecule has 0 aromatic heterocycles. The molecule has 1 aliphatic rings. The van der Waals surface area contributed by atoms with Gasteiger partial charge in [-0.15, -0.1) is 0 Å². The van der Waals surface area contributed by atoms with Crippen LogP contribution in [0.3, 0.4) is 0 Å². The summed E-state index contributed by atoms with van der Waals surface area (Å²) in [6.07, 6.45) is 6.09. The van der Waals surface area contributed by atoms with Crippen molar-refractivity contribution < 1.29 is 4.79 Å². The first kappa shape index (κ1) is 15.0. The average molecular weight is 250 g/mol. The molecule has 0 N–H and O–H groups in total. The molecule has 1 amide bonds. The highest BCUT2D eigenvalue weighted by molar-refractivity contribution is 5.76. The molecule has 0 bridgehead atoms. The Bertz CT molecular complexity index is 317. The lowest BCUT2D eigenvalue weighted by molar-refractivity contribution is -0.130. The van der Waals surface area contributed by atoms with Crippen LogP contribution in [0.4, 0.5) is 0 Å². The van der Waals surface area contributed by atoms with Crippen LogP contribution in [0.1, 0.15) is 59.3 Å². The molecule has 3 nitrogen and oxygen atoms in total. The van der Waals surface area contributed by atoms with Crippen LogP contribution in [0, 0.1) is 22.7 Å². The van der Waals surface area contributed by atoms with Crippen molar-refractivity contribution in [3.8, 4) is 6.07 Å². The molecule has 0 aromatic rings. The van der Waals surface area contributed by atoms with Gasteiger partial charge in [0.25, 0.3) is 0 Å². The number of nitrogens with zero attached hydrogens (tertiary/aromatic N) is 2. The Morgan fingerprint density at radius 1 is 1.44 bits per heavy atom. The Kier molecular flexibility index (Phi) is 5.65. The number of hydrogen-bond donors (Lipinski definition) is 0. The number of rotatable bonds is 5. The van der Waals surface area contributed by atoms with Gasteiger partial charge in [0.2, 0.25) is 5.91 Å². The van der Waals surface area contributed by atoms with Gasteiger partial charge in [-0.05, 0) is 39.0 Å². The fraction of sp³-hybridized carbons (Fsp3) is 0.867. The second kappa shape index (κ2) is 6.78. The summed E-state index contributed by atoms with van der Waals surface area (Å²) < 4.78 is 0. The number of nitriles is 1. The van der Waals surface area contributed by atoms with Crippen molar-refractivity contribution in [2.75, 3.05) is 13.1 Å². The molecule has 0 spiro atoms. The van der Waals surface area contributed by atoms with Gasteiger partial charge >= 0.3 is 0 Å². The summed E-state index contributed by atoms with van der Waals surface area (Å²) in [5.41, 5.74) is -0.324. The zero-order valence-electron chi connectivity index (χ0n) is 12.0. The Balaban J connectivity index is 2.46. The second-order valence-corrected chi connectivity index (χ2v) is 6.11. The van der Waals surface area contributed by atoms with Gasteiger partial charge < -0.3 is 4.90 Å². The highest BCUT2D eigenvalue weighted by Gasteiger charge is 2.24. The second-order valence-electron chi connectivity index (χ2n) is 6.11. The molecule has 1 fully saturated rings. The summed E-state index contributed by atoms with van der Waals surface area (Å²) in [4.78, 5) is 14.0. The fourth-order valence-electron chi connectivity index (χ4n) is 2.50. The first-order valence-corrected chi connectivity index (χ1v) is 7.17. The van der Waals surface area contributed by atoms with Gasteiger partial charge in [-0.1, -0.05) is 19.8 Å². The zero-order chi connectivity index (χ0) is 13.6. The molecular formula is C15H26N2O. The predicted molar refractivity (Wildman–Crippen MR) is 72.8 cm³/mol. The number of amides is 1. The highest BCUT2D eigenvalue weighted by Crippen LogP contribution is 2.24. The van der Waals surface area contributed by atoms with Crippen LogP contribution < -0.4 is 0 Å². The smallest absolute Gasteiger partial charge is 0.222 e. The molecule has 1 aliphatic heterocycles. The lowest BCUT2D eigenvalue weighted by Crippen LogP contribution is -2.33. The van der Waals surface area contributed by atoms with Gasteiger partial charge in [-0.25, -0.2) is 0 Å². The number of hydrogen-bond acceptors (Lipinski definition) is 2. The van der Waals surface area contributed by atoms with E-state index in [0.29, 0.717) is 12.3 Å². The molecule has 18 heavy (non-hydrogen) atoms. The van der Waals surface area contributed by atoms with Crippen molar-refractivity contribution in [2.45, 2.75) is 59.3 Å². The normalized spacial score (nSPS) is 21.6. The van der Waals surface area contributed by atoms with E-state index >= 15 is 0 Å². The van der Waals surface area contributed by atoms with Crippen molar-refractivity contribution in [3.05, 3.63) is 0 Å². The van der Waals surface area contributed by atoms with E-state index in [-0.39, 0.29) is 11.3 Å². The van der Waals surface area contributed by atoms with E-state index in [1.165, 1.54) is 12.8 Å². The summed E-state index contributed by atoms with van der Waals surface area (Å²) in [5.74, 6) is 0.996. The summed E-state index contributed by atoms with van der Waals surface area (Å²) in [5, 5.41) is 9.00. The molecule has 102 valence electrons. The van der Waals surface area contributed by atoms with Crippen LogP contribution >= 0.6 is 0 Å². The van der Waals surface area contributed by atoms with E-state index in [0.717, 1.165) is 32.4 Å². The van der Waals surface area contributed by atoms with Crippen LogP contribution in [0.25, 0.3) is 0 Å².